The summed E-state index contributed by atoms with van der Waals surface area (Å²) >= 11 is 0. The van der Waals surface area contributed by atoms with Gasteiger partial charge in [0.15, 0.2) is 5.82 Å². The summed E-state index contributed by atoms with van der Waals surface area (Å²) < 4.78 is 4.54. The number of unbranched alkanes of at least 4 members (excludes halogenated alkanes) is 9. The molecule has 1 saturated heterocycles. The van der Waals surface area contributed by atoms with E-state index in [4.69, 9.17) is 0 Å². The molecule has 7 nitrogen and oxygen atoms in total. The number of piperazine rings is 1. The van der Waals surface area contributed by atoms with Gasteiger partial charge < -0.3 is 4.90 Å². The average Bonchev–Trinajstić information content (AvgIpc) is 3.26. The van der Waals surface area contributed by atoms with Gasteiger partial charge in [-0.15, -0.1) is 0 Å². The fourth-order valence-electron chi connectivity index (χ4n) is 5.06. The van der Waals surface area contributed by atoms with E-state index in [9.17, 15) is 9.59 Å². The van der Waals surface area contributed by atoms with Crippen molar-refractivity contribution in [1.29, 1.82) is 0 Å². The van der Waals surface area contributed by atoms with Crippen LogP contribution in [0.1, 0.15) is 107 Å². The first kappa shape index (κ1) is 27.2. The Bertz CT molecular complexity index is 936. The third kappa shape index (κ3) is 8.64. The van der Waals surface area contributed by atoms with Gasteiger partial charge in [-0.05, 0) is 44.5 Å². The summed E-state index contributed by atoms with van der Waals surface area (Å²) in [6.07, 6.45) is 14.0. The molecule has 0 unspecified atom stereocenters. The highest BCUT2D eigenvalue weighted by Crippen LogP contribution is 2.20. The van der Waals surface area contributed by atoms with Crippen molar-refractivity contribution in [1.82, 2.24) is 19.9 Å². The van der Waals surface area contributed by atoms with Crippen molar-refractivity contribution < 1.29 is 9.32 Å². The van der Waals surface area contributed by atoms with Crippen LogP contribution >= 0.6 is 0 Å². The van der Waals surface area contributed by atoms with Crippen LogP contribution in [-0.2, 0) is 6.42 Å². The predicted molar refractivity (Wildman–Crippen MR) is 140 cm³/mol. The Morgan fingerprint density at radius 1 is 0.943 bits per heavy atom. The minimum atomic E-state index is -0.554. The maximum atomic E-state index is 13.2. The maximum absolute atomic E-state index is 13.2. The minimum absolute atomic E-state index is 0.0873. The summed E-state index contributed by atoms with van der Waals surface area (Å²) in [6, 6.07) is 8.12. The van der Waals surface area contributed by atoms with Gasteiger partial charge in [0, 0.05) is 37.2 Å². The van der Waals surface area contributed by atoms with Gasteiger partial charge in [0.05, 0.1) is 0 Å². The van der Waals surface area contributed by atoms with Crippen molar-refractivity contribution in [2.75, 3.05) is 19.6 Å². The van der Waals surface area contributed by atoms with Crippen molar-refractivity contribution in [3.63, 3.8) is 0 Å². The van der Waals surface area contributed by atoms with Crippen LogP contribution in [0.25, 0.3) is 0 Å². The molecule has 2 heterocycles. The van der Waals surface area contributed by atoms with Gasteiger partial charge in [0.25, 0.3) is 5.91 Å². The van der Waals surface area contributed by atoms with E-state index < -0.39 is 5.76 Å². The molecule has 0 bridgehead atoms. The van der Waals surface area contributed by atoms with Crippen LogP contribution in [0.4, 0.5) is 0 Å². The molecule has 1 fully saturated rings. The largest absolute Gasteiger partial charge is 0.438 e. The molecule has 0 saturated carbocycles. The number of hydrogen-bond acceptors (Lipinski definition) is 5. The monoisotopic (exact) mass is 484 g/mol. The van der Waals surface area contributed by atoms with Crippen LogP contribution in [0, 0.1) is 0 Å². The quantitative estimate of drug-likeness (QED) is 0.363. The first-order valence-electron chi connectivity index (χ1n) is 13.7. The molecule has 0 spiro atoms. The molecule has 1 N–H and O–H groups in total. The van der Waals surface area contributed by atoms with Crippen LogP contribution in [0.15, 0.2) is 33.6 Å². The fourth-order valence-corrected chi connectivity index (χ4v) is 5.06. The van der Waals surface area contributed by atoms with E-state index in [1.54, 1.807) is 0 Å². The molecule has 3 rings (SSSR count). The Kier molecular flexibility index (Phi) is 11.0. The lowest BCUT2D eigenvalue weighted by molar-refractivity contribution is 0.0312. The van der Waals surface area contributed by atoms with Crippen molar-refractivity contribution in [3.05, 3.63) is 51.8 Å². The number of aromatic amines is 1. The van der Waals surface area contributed by atoms with Gasteiger partial charge in [-0.1, -0.05) is 82.0 Å². The minimum Gasteiger partial charge on any atom is -0.333 e. The lowest BCUT2D eigenvalue weighted by Crippen LogP contribution is -2.58. The Hall–Kier alpha value is -2.41. The first-order chi connectivity index (χ1) is 17.0. The SMILES string of the molecule is CCCCCCCCCCCCN1C[C@@H](C)N(C(=O)c2ccc(Cc3noc(=O)[nH]3)cc2)C[C@@H]1C. The van der Waals surface area contributed by atoms with E-state index in [1.807, 2.05) is 29.2 Å². The third-order valence-electron chi connectivity index (χ3n) is 7.23. The van der Waals surface area contributed by atoms with E-state index in [-0.39, 0.29) is 11.9 Å². The molecular weight excluding hydrogens is 440 g/mol. The van der Waals surface area contributed by atoms with Crippen LogP contribution in [-0.4, -0.2) is 57.6 Å². The summed E-state index contributed by atoms with van der Waals surface area (Å²) in [7, 11) is 0. The first-order valence-corrected chi connectivity index (χ1v) is 13.7. The smallest absolute Gasteiger partial charge is 0.333 e. The normalized spacial score (nSPS) is 18.8. The van der Waals surface area contributed by atoms with Crippen LogP contribution in [0.2, 0.25) is 0 Å². The molecule has 1 aliphatic heterocycles. The standard InChI is InChI=1S/C28H44N4O3/c1-4-5-6-7-8-9-10-11-12-13-18-31-20-23(3)32(21-22(31)2)27(33)25-16-14-24(15-17-25)19-26-29-28(34)35-30-26/h14-17,22-23H,4-13,18-21H2,1-3H3,(H,29,30,34)/t22-,23+/m0/s1. The maximum Gasteiger partial charge on any atom is 0.438 e. The van der Waals surface area contributed by atoms with Crippen molar-refractivity contribution in [2.24, 2.45) is 0 Å². The molecule has 2 atom stereocenters. The van der Waals surface area contributed by atoms with Gasteiger partial charge in [0.2, 0.25) is 0 Å². The van der Waals surface area contributed by atoms with Crippen LogP contribution < -0.4 is 5.76 Å². The highest BCUT2D eigenvalue weighted by molar-refractivity contribution is 5.94. The van der Waals surface area contributed by atoms with E-state index in [1.165, 1.54) is 64.2 Å². The van der Waals surface area contributed by atoms with E-state index in [0.29, 0.717) is 23.9 Å². The molecule has 1 aliphatic rings. The highest BCUT2D eigenvalue weighted by Gasteiger charge is 2.32. The Balaban J connectivity index is 1.38. The van der Waals surface area contributed by atoms with Gasteiger partial charge in [0.1, 0.15) is 0 Å². The predicted octanol–water partition coefficient (Wildman–Crippen LogP) is 5.41. The number of nitrogens with zero attached hydrogens (tertiary/aromatic N) is 3. The highest BCUT2D eigenvalue weighted by atomic mass is 16.5. The number of benzene rings is 1. The van der Waals surface area contributed by atoms with Crippen LogP contribution in [0.3, 0.4) is 0 Å². The number of aromatic nitrogens is 2. The molecule has 194 valence electrons. The van der Waals surface area contributed by atoms with Gasteiger partial charge in [-0.25, -0.2) is 4.79 Å². The zero-order valence-electron chi connectivity index (χ0n) is 21.9. The summed E-state index contributed by atoms with van der Waals surface area (Å²) in [5.74, 6) is 0.0154. The van der Waals surface area contributed by atoms with E-state index in [0.717, 1.165) is 25.2 Å². The number of rotatable bonds is 14. The van der Waals surface area contributed by atoms with Gasteiger partial charge in [-0.3, -0.25) is 19.2 Å². The van der Waals surface area contributed by atoms with Crippen molar-refractivity contribution >= 4 is 5.91 Å². The second-order valence-corrected chi connectivity index (χ2v) is 10.2. The molecule has 1 aromatic heterocycles. The third-order valence-corrected chi connectivity index (χ3v) is 7.23. The molecule has 1 aromatic carbocycles. The summed E-state index contributed by atoms with van der Waals surface area (Å²) in [4.78, 5) is 31.4. The summed E-state index contributed by atoms with van der Waals surface area (Å²) in [6.45, 7) is 9.49. The molecule has 0 aliphatic carbocycles. The zero-order chi connectivity index (χ0) is 25.0. The Morgan fingerprint density at radius 2 is 1.57 bits per heavy atom. The fraction of sp³-hybridized carbons (Fsp3) is 0.679. The lowest BCUT2D eigenvalue weighted by Gasteiger charge is -2.44. The number of amides is 1. The zero-order valence-corrected chi connectivity index (χ0v) is 21.9. The topological polar surface area (TPSA) is 82.4 Å². The number of carbonyl (C=O) groups excluding carboxylic acids is 1. The number of hydrogen-bond donors (Lipinski definition) is 1. The van der Waals surface area contributed by atoms with Gasteiger partial charge >= 0.3 is 5.76 Å². The lowest BCUT2D eigenvalue weighted by atomic mass is 10.0. The summed E-state index contributed by atoms with van der Waals surface area (Å²) in [5, 5.41) is 3.70. The Morgan fingerprint density at radius 3 is 2.17 bits per heavy atom. The molecular formula is C28H44N4O3. The van der Waals surface area contributed by atoms with E-state index >= 15 is 0 Å². The Labute approximate surface area is 210 Å². The number of H-pyrrole nitrogens is 1. The molecule has 2 aromatic rings. The second kappa shape index (κ2) is 14.2. The second-order valence-electron chi connectivity index (χ2n) is 10.2. The number of nitrogens with one attached hydrogen (secondary N) is 1. The molecule has 1 amide bonds. The molecule has 35 heavy (non-hydrogen) atoms. The average molecular weight is 485 g/mol. The van der Waals surface area contributed by atoms with Crippen molar-refractivity contribution in [2.45, 2.75) is 103 Å². The van der Waals surface area contributed by atoms with Crippen molar-refractivity contribution in [3.8, 4) is 0 Å². The summed E-state index contributed by atoms with van der Waals surface area (Å²) in [5.41, 5.74) is 1.67. The number of carbonyl (C=O) groups is 1. The van der Waals surface area contributed by atoms with E-state index in [2.05, 4.69) is 40.3 Å². The van der Waals surface area contributed by atoms with Crippen LogP contribution in [0.5, 0.6) is 0 Å². The molecule has 0 radical (unpaired) electrons. The van der Waals surface area contributed by atoms with Gasteiger partial charge in [-0.2, -0.15) is 0 Å². The molecule has 7 heteroatoms.